The van der Waals surface area contributed by atoms with Crippen molar-refractivity contribution in [2.75, 3.05) is 13.6 Å². The van der Waals surface area contributed by atoms with Gasteiger partial charge in [0.25, 0.3) is 0 Å². The van der Waals surface area contributed by atoms with Crippen molar-refractivity contribution in [3.63, 3.8) is 0 Å². The fraction of sp³-hybridized carbons (Fsp3) is 0.538. The van der Waals surface area contributed by atoms with E-state index in [1.165, 1.54) is 19.1 Å². The van der Waals surface area contributed by atoms with E-state index >= 15 is 0 Å². The Morgan fingerprint density at radius 1 is 1.26 bits per heavy atom. The molecule has 0 aliphatic heterocycles. The van der Waals surface area contributed by atoms with E-state index in [1.807, 2.05) is 0 Å². The molecule has 0 amide bonds. The second kappa shape index (κ2) is 6.36. The molecule has 0 saturated carbocycles. The highest BCUT2D eigenvalue weighted by Crippen LogP contribution is 2.33. The average molecular weight is 277 g/mol. The Morgan fingerprint density at radius 2 is 1.89 bits per heavy atom. The van der Waals surface area contributed by atoms with Gasteiger partial charge in [-0.2, -0.15) is 13.2 Å². The van der Waals surface area contributed by atoms with Gasteiger partial charge in [0.1, 0.15) is 6.10 Å². The number of aliphatic hydroxyl groups excluding tert-OH is 2. The van der Waals surface area contributed by atoms with Gasteiger partial charge in [-0.05, 0) is 44.1 Å². The Kier molecular flexibility index (Phi) is 5.34. The molecule has 108 valence electrons. The molecule has 6 heteroatoms. The standard InChI is InChI=1S/C13H18F3NO2/c1-8-7-9(3-4-10(8)13(14,15)16)12(19)11(18)5-6-17-2/h3-4,7,11-12,17-19H,5-6H2,1-2H3. The molecule has 0 radical (unpaired) electrons. The first-order valence-electron chi connectivity index (χ1n) is 5.96. The summed E-state index contributed by atoms with van der Waals surface area (Å²) in [6.45, 7) is 1.84. The van der Waals surface area contributed by atoms with Crippen LogP contribution < -0.4 is 5.32 Å². The molecule has 0 aliphatic carbocycles. The van der Waals surface area contributed by atoms with Crippen LogP contribution in [0.1, 0.15) is 29.2 Å². The monoisotopic (exact) mass is 277 g/mol. The molecule has 1 rings (SSSR count). The van der Waals surface area contributed by atoms with E-state index in [-0.39, 0.29) is 11.1 Å². The van der Waals surface area contributed by atoms with Crippen LogP contribution in [-0.2, 0) is 6.18 Å². The lowest BCUT2D eigenvalue weighted by atomic mass is 9.97. The van der Waals surface area contributed by atoms with E-state index in [0.717, 1.165) is 6.07 Å². The van der Waals surface area contributed by atoms with Crippen LogP contribution >= 0.6 is 0 Å². The molecular formula is C13H18F3NO2. The lowest BCUT2D eigenvalue weighted by Crippen LogP contribution is -2.23. The van der Waals surface area contributed by atoms with Crippen LogP contribution in [0.25, 0.3) is 0 Å². The lowest BCUT2D eigenvalue weighted by molar-refractivity contribution is -0.138. The Balaban J connectivity index is 2.88. The first-order valence-corrected chi connectivity index (χ1v) is 5.96. The molecular weight excluding hydrogens is 259 g/mol. The van der Waals surface area contributed by atoms with Gasteiger partial charge in [-0.1, -0.05) is 12.1 Å². The fourth-order valence-electron chi connectivity index (χ4n) is 1.86. The quantitative estimate of drug-likeness (QED) is 0.772. The van der Waals surface area contributed by atoms with Crippen molar-refractivity contribution in [1.29, 1.82) is 0 Å². The third-order valence-electron chi connectivity index (χ3n) is 2.95. The number of alkyl halides is 3. The van der Waals surface area contributed by atoms with E-state index in [9.17, 15) is 23.4 Å². The van der Waals surface area contributed by atoms with Crippen LogP contribution in [0.15, 0.2) is 18.2 Å². The Morgan fingerprint density at radius 3 is 2.37 bits per heavy atom. The second-order valence-corrected chi connectivity index (χ2v) is 4.48. The van der Waals surface area contributed by atoms with Crippen molar-refractivity contribution in [3.8, 4) is 0 Å². The number of aliphatic hydroxyl groups is 2. The van der Waals surface area contributed by atoms with Gasteiger partial charge in [0.2, 0.25) is 0 Å². The molecule has 0 heterocycles. The van der Waals surface area contributed by atoms with E-state index in [4.69, 9.17) is 0 Å². The SMILES string of the molecule is CNCCC(O)C(O)c1ccc(C(F)(F)F)c(C)c1. The highest BCUT2D eigenvalue weighted by Gasteiger charge is 2.32. The first kappa shape index (κ1) is 15.9. The minimum atomic E-state index is -4.40. The van der Waals surface area contributed by atoms with Gasteiger partial charge in [-0.25, -0.2) is 0 Å². The number of aryl methyl sites for hydroxylation is 1. The molecule has 3 N–H and O–H groups in total. The molecule has 2 atom stereocenters. The molecule has 0 fully saturated rings. The van der Waals surface area contributed by atoms with Gasteiger partial charge >= 0.3 is 6.18 Å². The normalized spacial score (nSPS) is 15.3. The van der Waals surface area contributed by atoms with Gasteiger partial charge in [0, 0.05) is 0 Å². The van der Waals surface area contributed by atoms with Crippen molar-refractivity contribution in [2.45, 2.75) is 31.7 Å². The summed E-state index contributed by atoms with van der Waals surface area (Å²) in [4.78, 5) is 0. The summed E-state index contributed by atoms with van der Waals surface area (Å²) >= 11 is 0. The maximum absolute atomic E-state index is 12.6. The molecule has 1 aromatic carbocycles. The number of hydrogen-bond acceptors (Lipinski definition) is 3. The fourth-order valence-corrected chi connectivity index (χ4v) is 1.86. The van der Waals surface area contributed by atoms with Gasteiger partial charge in [-0.3, -0.25) is 0 Å². The predicted molar refractivity (Wildman–Crippen MR) is 65.7 cm³/mol. The van der Waals surface area contributed by atoms with Crippen molar-refractivity contribution in [2.24, 2.45) is 0 Å². The number of halogens is 3. The molecule has 0 spiro atoms. The highest BCUT2D eigenvalue weighted by molar-refractivity contribution is 5.34. The maximum Gasteiger partial charge on any atom is 0.416 e. The summed E-state index contributed by atoms with van der Waals surface area (Å²) in [5, 5.41) is 22.4. The summed E-state index contributed by atoms with van der Waals surface area (Å²) < 4.78 is 37.8. The Labute approximate surface area is 110 Å². The minimum absolute atomic E-state index is 0.0323. The topological polar surface area (TPSA) is 52.5 Å². The zero-order valence-electron chi connectivity index (χ0n) is 10.8. The van der Waals surface area contributed by atoms with Crippen LogP contribution in [0.4, 0.5) is 13.2 Å². The van der Waals surface area contributed by atoms with Crippen LogP contribution in [0.3, 0.4) is 0 Å². The molecule has 0 aromatic heterocycles. The van der Waals surface area contributed by atoms with Gasteiger partial charge in [0.15, 0.2) is 0 Å². The number of rotatable bonds is 5. The van der Waals surface area contributed by atoms with E-state index in [1.54, 1.807) is 7.05 Å². The molecule has 3 nitrogen and oxygen atoms in total. The summed E-state index contributed by atoms with van der Waals surface area (Å²) in [6, 6.07) is 3.39. The Hall–Kier alpha value is -1.11. The molecule has 2 unspecified atom stereocenters. The van der Waals surface area contributed by atoms with Gasteiger partial charge in [-0.15, -0.1) is 0 Å². The lowest BCUT2D eigenvalue weighted by Gasteiger charge is -2.19. The smallest absolute Gasteiger partial charge is 0.390 e. The molecule has 19 heavy (non-hydrogen) atoms. The van der Waals surface area contributed by atoms with Crippen molar-refractivity contribution in [1.82, 2.24) is 5.32 Å². The predicted octanol–water partition coefficient (Wildman–Crippen LogP) is 2.02. The minimum Gasteiger partial charge on any atom is -0.390 e. The maximum atomic E-state index is 12.6. The van der Waals surface area contributed by atoms with Crippen LogP contribution in [0.2, 0.25) is 0 Å². The molecule has 0 aliphatic rings. The summed E-state index contributed by atoms with van der Waals surface area (Å²) in [6.07, 6.45) is -6.28. The van der Waals surface area contributed by atoms with Gasteiger partial charge in [0.05, 0.1) is 11.7 Å². The van der Waals surface area contributed by atoms with Crippen LogP contribution in [0.5, 0.6) is 0 Å². The first-order chi connectivity index (χ1) is 8.77. The zero-order chi connectivity index (χ0) is 14.6. The largest absolute Gasteiger partial charge is 0.416 e. The zero-order valence-corrected chi connectivity index (χ0v) is 10.8. The van der Waals surface area contributed by atoms with Crippen LogP contribution in [0, 0.1) is 6.92 Å². The number of benzene rings is 1. The highest BCUT2D eigenvalue weighted by atomic mass is 19.4. The summed E-state index contributed by atoms with van der Waals surface area (Å²) in [5.74, 6) is 0. The van der Waals surface area contributed by atoms with E-state index in [2.05, 4.69) is 5.32 Å². The Bertz CT molecular complexity index is 421. The molecule has 0 bridgehead atoms. The summed E-state index contributed by atoms with van der Waals surface area (Å²) in [7, 11) is 1.71. The number of nitrogens with one attached hydrogen (secondary N) is 1. The second-order valence-electron chi connectivity index (χ2n) is 4.48. The summed E-state index contributed by atoms with van der Waals surface area (Å²) in [5.41, 5.74) is -0.410. The van der Waals surface area contributed by atoms with Crippen molar-refractivity contribution >= 4 is 0 Å². The van der Waals surface area contributed by atoms with E-state index in [0.29, 0.717) is 13.0 Å². The molecule has 1 aromatic rings. The third-order valence-corrected chi connectivity index (χ3v) is 2.95. The van der Waals surface area contributed by atoms with Gasteiger partial charge < -0.3 is 15.5 Å². The van der Waals surface area contributed by atoms with Crippen molar-refractivity contribution < 1.29 is 23.4 Å². The van der Waals surface area contributed by atoms with E-state index < -0.39 is 23.9 Å². The average Bonchev–Trinajstić information content (AvgIpc) is 2.33. The number of hydrogen-bond donors (Lipinski definition) is 3. The third kappa shape index (κ3) is 4.19. The van der Waals surface area contributed by atoms with Crippen molar-refractivity contribution in [3.05, 3.63) is 34.9 Å². The van der Waals surface area contributed by atoms with Crippen LogP contribution in [-0.4, -0.2) is 29.9 Å². The molecule has 0 saturated heterocycles.